The Kier molecular flexibility index (Phi) is 4.02. The second-order valence-corrected chi connectivity index (χ2v) is 4.66. The van der Waals surface area contributed by atoms with Gasteiger partial charge in [-0.1, -0.05) is 0 Å². The lowest BCUT2D eigenvalue weighted by Crippen LogP contribution is -2.30. The van der Waals surface area contributed by atoms with Crippen LogP contribution < -0.4 is 5.73 Å². The summed E-state index contributed by atoms with van der Waals surface area (Å²) >= 11 is 0. The van der Waals surface area contributed by atoms with E-state index in [2.05, 4.69) is 10.1 Å². The van der Waals surface area contributed by atoms with Crippen LogP contribution >= 0.6 is 0 Å². The topological polar surface area (TPSA) is 77.0 Å². The molecule has 2 heterocycles. The highest BCUT2D eigenvalue weighted by atomic mass is 16.2. The number of anilines is 1. The predicted octanol–water partition coefficient (Wildman–Crippen LogP) is 1.71. The normalized spacial score (nSPS) is 12.2. The highest BCUT2D eigenvalue weighted by Crippen LogP contribution is 2.21. The minimum absolute atomic E-state index is 0.0725. The fourth-order valence-electron chi connectivity index (χ4n) is 1.97. The van der Waals surface area contributed by atoms with Crippen LogP contribution in [0, 0.1) is 0 Å². The molecule has 0 aromatic carbocycles. The van der Waals surface area contributed by atoms with E-state index in [9.17, 15) is 4.79 Å². The molecule has 0 spiro atoms. The molecule has 20 heavy (non-hydrogen) atoms. The minimum Gasteiger partial charge on any atom is -0.396 e. The third-order valence-corrected chi connectivity index (χ3v) is 3.41. The van der Waals surface area contributed by atoms with Crippen molar-refractivity contribution < 1.29 is 4.79 Å². The van der Waals surface area contributed by atoms with E-state index in [1.807, 2.05) is 26.0 Å². The Labute approximate surface area is 118 Å². The maximum absolute atomic E-state index is 12.5. The van der Waals surface area contributed by atoms with E-state index in [4.69, 9.17) is 5.73 Å². The third-order valence-electron chi connectivity index (χ3n) is 3.41. The molecule has 0 saturated carbocycles. The number of rotatable bonds is 4. The van der Waals surface area contributed by atoms with Crippen LogP contribution in [0.2, 0.25) is 0 Å². The molecule has 106 valence electrons. The van der Waals surface area contributed by atoms with Crippen molar-refractivity contribution in [1.82, 2.24) is 19.7 Å². The fraction of sp³-hybridized carbons (Fsp3) is 0.357. The van der Waals surface area contributed by atoms with Crippen molar-refractivity contribution >= 4 is 11.6 Å². The van der Waals surface area contributed by atoms with Gasteiger partial charge in [-0.15, -0.1) is 0 Å². The number of nitrogens with two attached hydrogens (primary N) is 1. The fourth-order valence-corrected chi connectivity index (χ4v) is 1.97. The zero-order valence-electron chi connectivity index (χ0n) is 11.9. The largest absolute Gasteiger partial charge is 0.396 e. The maximum Gasteiger partial charge on any atom is 0.276 e. The van der Waals surface area contributed by atoms with Crippen LogP contribution in [0.25, 0.3) is 0 Å². The van der Waals surface area contributed by atoms with Crippen molar-refractivity contribution in [2.24, 2.45) is 0 Å². The highest BCUT2D eigenvalue weighted by Gasteiger charge is 2.23. The molecule has 2 aromatic rings. The van der Waals surface area contributed by atoms with Gasteiger partial charge in [-0.25, -0.2) is 0 Å². The summed E-state index contributed by atoms with van der Waals surface area (Å²) in [5.41, 5.74) is 7.58. The summed E-state index contributed by atoms with van der Waals surface area (Å²) in [6.45, 7) is 4.59. The van der Waals surface area contributed by atoms with Crippen LogP contribution in [0.5, 0.6) is 0 Å². The molecule has 0 aliphatic carbocycles. The minimum atomic E-state index is -0.181. The zero-order valence-corrected chi connectivity index (χ0v) is 11.9. The molecule has 0 aliphatic rings. The van der Waals surface area contributed by atoms with Crippen molar-refractivity contribution in [2.75, 3.05) is 12.8 Å². The number of aromatic nitrogens is 3. The molecule has 2 aromatic heterocycles. The lowest BCUT2D eigenvalue weighted by atomic mass is 10.1. The summed E-state index contributed by atoms with van der Waals surface area (Å²) in [5.74, 6) is -0.181. The van der Waals surface area contributed by atoms with Crippen LogP contribution in [0.3, 0.4) is 0 Å². The monoisotopic (exact) mass is 273 g/mol. The van der Waals surface area contributed by atoms with Gasteiger partial charge in [0.2, 0.25) is 0 Å². The van der Waals surface area contributed by atoms with Gasteiger partial charge in [0.05, 0.1) is 11.7 Å². The number of hydrogen-bond donors (Lipinski definition) is 1. The number of pyridine rings is 1. The van der Waals surface area contributed by atoms with E-state index in [1.165, 1.54) is 0 Å². The van der Waals surface area contributed by atoms with Crippen LogP contribution in [-0.2, 0) is 6.54 Å². The van der Waals surface area contributed by atoms with Gasteiger partial charge in [-0.3, -0.25) is 14.5 Å². The number of nitrogen functional groups attached to an aromatic ring is 1. The molecule has 1 amide bonds. The molecule has 0 fully saturated rings. The average molecular weight is 273 g/mol. The molecule has 0 bridgehead atoms. The third kappa shape index (κ3) is 2.64. The van der Waals surface area contributed by atoms with Crippen molar-refractivity contribution in [1.29, 1.82) is 0 Å². The van der Waals surface area contributed by atoms with Gasteiger partial charge in [0.1, 0.15) is 0 Å². The molecular formula is C14H19N5O. The van der Waals surface area contributed by atoms with E-state index in [1.54, 1.807) is 35.2 Å². The Balaban J connectivity index is 2.22. The quantitative estimate of drug-likeness (QED) is 0.920. The molecule has 6 heteroatoms. The lowest BCUT2D eigenvalue weighted by molar-refractivity contribution is 0.0736. The Morgan fingerprint density at radius 1 is 1.45 bits per heavy atom. The van der Waals surface area contributed by atoms with Gasteiger partial charge in [0.15, 0.2) is 5.69 Å². The van der Waals surface area contributed by atoms with E-state index in [0.29, 0.717) is 17.9 Å². The first-order valence-corrected chi connectivity index (χ1v) is 6.54. The lowest BCUT2D eigenvalue weighted by Gasteiger charge is -2.24. The van der Waals surface area contributed by atoms with Gasteiger partial charge in [0, 0.05) is 32.2 Å². The van der Waals surface area contributed by atoms with Gasteiger partial charge in [-0.2, -0.15) is 5.10 Å². The second-order valence-electron chi connectivity index (χ2n) is 4.66. The molecular weight excluding hydrogens is 254 g/mol. The number of amides is 1. The Morgan fingerprint density at radius 3 is 2.65 bits per heavy atom. The number of aryl methyl sites for hydroxylation is 1. The number of carbonyl (C=O) groups excluding carboxylic acids is 1. The molecule has 2 N–H and O–H groups in total. The Morgan fingerprint density at radius 2 is 2.10 bits per heavy atom. The summed E-state index contributed by atoms with van der Waals surface area (Å²) in [7, 11) is 1.75. The number of hydrogen-bond acceptors (Lipinski definition) is 4. The summed E-state index contributed by atoms with van der Waals surface area (Å²) < 4.78 is 1.66. The summed E-state index contributed by atoms with van der Waals surface area (Å²) in [6, 6.07) is 3.71. The SMILES string of the molecule is CCn1cc(N)c(C(=O)N(C)C(C)c2ccncc2)n1. The van der Waals surface area contributed by atoms with Crippen LogP contribution in [0.15, 0.2) is 30.7 Å². The molecule has 0 saturated heterocycles. The van der Waals surface area contributed by atoms with Gasteiger partial charge < -0.3 is 10.6 Å². The molecule has 1 atom stereocenters. The van der Waals surface area contributed by atoms with Crippen molar-refractivity contribution in [3.63, 3.8) is 0 Å². The van der Waals surface area contributed by atoms with Gasteiger partial charge >= 0.3 is 0 Å². The summed E-state index contributed by atoms with van der Waals surface area (Å²) in [4.78, 5) is 18.1. The van der Waals surface area contributed by atoms with Gasteiger partial charge in [0.25, 0.3) is 5.91 Å². The van der Waals surface area contributed by atoms with Crippen LogP contribution in [-0.4, -0.2) is 32.6 Å². The molecule has 0 radical (unpaired) electrons. The Hall–Kier alpha value is -2.37. The van der Waals surface area contributed by atoms with Crippen LogP contribution in [0.4, 0.5) is 5.69 Å². The zero-order chi connectivity index (χ0) is 14.7. The molecule has 2 rings (SSSR count). The molecule has 6 nitrogen and oxygen atoms in total. The first-order valence-electron chi connectivity index (χ1n) is 6.54. The van der Waals surface area contributed by atoms with Crippen molar-refractivity contribution in [3.8, 4) is 0 Å². The first-order chi connectivity index (χ1) is 9.54. The Bertz CT molecular complexity index is 593. The van der Waals surface area contributed by atoms with E-state index < -0.39 is 0 Å². The number of nitrogens with zero attached hydrogens (tertiary/aromatic N) is 4. The highest BCUT2D eigenvalue weighted by molar-refractivity contribution is 5.97. The van der Waals surface area contributed by atoms with E-state index in [-0.39, 0.29) is 11.9 Å². The first kappa shape index (κ1) is 14.0. The second kappa shape index (κ2) is 5.73. The maximum atomic E-state index is 12.5. The van der Waals surface area contributed by atoms with Gasteiger partial charge in [-0.05, 0) is 31.5 Å². The smallest absolute Gasteiger partial charge is 0.276 e. The standard InChI is InChI=1S/C14H19N5O/c1-4-19-9-12(15)13(17-19)14(20)18(3)10(2)11-5-7-16-8-6-11/h5-10H,4,15H2,1-3H3. The molecule has 0 aliphatic heterocycles. The molecule has 1 unspecified atom stereocenters. The predicted molar refractivity (Wildman–Crippen MR) is 77.1 cm³/mol. The van der Waals surface area contributed by atoms with Crippen molar-refractivity contribution in [2.45, 2.75) is 26.4 Å². The average Bonchev–Trinajstić information content (AvgIpc) is 2.87. The van der Waals surface area contributed by atoms with Crippen molar-refractivity contribution in [3.05, 3.63) is 42.0 Å². The van der Waals surface area contributed by atoms with Crippen LogP contribution in [0.1, 0.15) is 35.9 Å². The number of carbonyl (C=O) groups is 1. The summed E-state index contributed by atoms with van der Waals surface area (Å²) in [6.07, 6.45) is 5.10. The van der Waals surface area contributed by atoms with E-state index >= 15 is 0 Å². The summed E-state index contributed by atoms with van der Waals surface area (Å²) in [5, 5.41) is 4.21. The van der Waals surface area contributed by atoms with E-state index in [0.717, 1.165) is 5.56 Å².